The van der Waals surface area contributed by atoms with Crippen LogP contribution in [0.15, 0.2) is 41.3 Å². The quantitative estimate of drug-likeness (QED) is 0.503. The summed E-state index contributed by atoms with van der Waals surface area (Å²) >= 11 is 7.20. The predicted octanol–water partition coefficient (Wildman–Crippen LogP) is 4.28. The molecule has 4 rings (SSSR count). The summed E-state index contributed by atoms with van der Waals surface area (Å²) in [7, 11) is 1.45. The summed E-state index contributed by atoms with van der Waals surface area (Å²) in [6, 6.07) is 9.45. The number of carboxylic acids is 1. The lowest BCUT2D eigenvalue weighted by Crippen LogP contribution is -2.40. The molecule has 0 aromatic heterocycles. The van der Waals surface area contributed by atoms with Crippen LogP contribution in [-0.2, 0) is 16.2 Å². The van der Waals surface area contributed by atoms with Crippen LogP contribution in [0.2, 0.25) is 5.02 Å². The third-order valence-corrected chi connectivity index (χ3v) is 6.95. The van der Waals surface area contributed by atoms with E-state index in [0.717, 1.165) is 35.1 Å². The average Bonchev–Trinajstić information content (AvgIpc) is 3.48. The molecule has 1 N–H and O–H groups in total. The number of methoxy groups -OCH3 is 1. The Kier molecular flexibility index (Phi) is 7.85. The van der Waals surface area contributed by atoms with Crippen LogP contribution in [-0.4, -0.2) is 64.7 Å². The monoisotopic (exact) mass is 530 g/mol. The second-order valence-electron chi connectivity index (χ2n) is 8.18. The van der Waals surface area contributed by atoms with E-state index in [9.17, 15) is 19.2 Å². The van der Waals surface area contributed by atoms with Crippen molar-refractivity contribution < 1.29 is 33.8 Å². The second kappa shape index (κ2) is 11.0. The highest BCUT2D eigenvalue weighted by atomic mass is 35.5. The molecular formula is C25H23ClN2O7S. The van der Waals surface area contributed by atoms with Crippen molar-refractivity contribution in [3.05, 3.63) is 63.0 Å². The zero-order valence-corrected chi connectivity index (χ0v) is 20.9. The van der Waals surface area contributed by atoms with Gasteiger partial charge in [-0.3, -0.25) is 19.3 Å². The summed E-state index contributed by atoms with van der Waals surface area (Å²) in [4.78, 5) is 51.5. The largest absolute Gasteiger partial charge is 0.493 e. The number of carbonyl (C=O) groups is 4. The molecule has 2 aliphatic heterocycles. The van der Waals surface area contributed by atoms with Crippen LogP contribution in [0.25, 0.3) is 6.08 Å². The summed E-state index contributed by atoms with van der Waals surface area (Å²) in [5.74, 6) is -1.18. The Morgan fingerprint density at radius 2 is 1.83 bits per heavy atom. The van der Waals surface area contributed by atoms with Gasteiger partial charge in [0.2, 0.25) is 5.91 Å². The molecule has 11 heteroatoms. The molecule has 0 aliphatic carbocycles. The third kappa shape index (κ3) is 5.66. The van der Waals surface area contributed by atoms with Crippen LogP contribution in [0, 0.1) is 0 Å². The zero-order chi connectivity index (χ0) is 25.8. The van der Waals surface area contributed by atoms with Gasteiger partial charge < -0.3 is 19.5 Å². The number of halogens is 1. The lowest BCUT2D eigenvalue weighted by Gasteiger charge is -2.18. The van der Waals surface area contributed by atoms with Crippen molar-refractivity contribution in [2.24, 2.45) is 0 Å². The van der Waals surface area contributed by atoms with E-state index < -0.39 is 17.1 Å². The number of aromatic carboxylic acids is 1. The van der Waals surface area contributed by atoms with Crippen LogP contribution in [0.1, 0.15) is 34.3 Å². The van der Waals surface area contributed by atoms with Gasteiger partial charge in [0.25, 0.3) is 11.1 Å². The molecule has 2 aliphatic rings. The zero-order valence-electron chi connectivity index (χ0n) is 19.4. The van der Waals surface area contributed by atoms with Gasteiger partial charge in [0.1, 0.15) is 13.2 Å². The van der Waals surface area contributed by atoms with Crippen LogP contribution in [0.4, 0.5) is 4.79 Å². The van der Waals surface area contributed by atoms with Gasteiger partial charge in [0.05, 0.1) is 22.6 Å². The van der Waals surface area contributed by atoms with Crippen molar-refractivity contribution in [2.45, 2.75) is 19.4 Å². The van der Waals surface area contributed by atoms with Gasteiger partial charge in [-0.25, -0.2) is 4.79 Å². The molecule has 0 spiro atoms. The minimum absolute atomic E-state index is 0.124. The minimum Gasteiger partial charge on any atom is -0.493 e. The molecule has 0 bridgehead atoms. The predicted molar refractivity (Wildman–Crippen MR) is 134 cm³/mol. The van der Waals surface area contributed by atoms with Crippen molar-refractivity contribution in [3.63, 3.8) is 0 Å². The Bertz CT molecular complexity index is 1240. The smallest absolute Gasteiger partial charge is 0.335 e. The number of carboxylic acid groups (broad SMARTS) is 1. The maximum Gasteiger partial charge on any atom is 0.335 e. The first-order valence-corrected chi connectivity index (χ1v) is 12.3. The number of rotatable bonds is 8. The summed E-state index contributed by atoms with van der Waals surface area (Å²) in [5.41, 5.74) is 1.43. The van der Waals surface area contributed by atoms with E-state index in [2.05, 4.69) is 0 Å². The molecule has 3 amide bonds. The van der Waals surface area contributed by atoms with Gasteiger partial charge >= 0.3 is 5.97 Å². The van der Waals surface area contributed by atoms with Crippen molar-refractivity contribution in [3.8, 4) is 11.5 Å². The van der Waals surface area contributed by atoms with Gasteiger partial charge in [-0.05, 0) is 66.1 Å². The number of benzene rings is 2. The number of thioether (sulfide) groups is 1. The number of hydrogen-bond donors (Lipinski definition) is 1. The van der Waals surface area contributed by atoms with Crippen LogP contribution >= 0.6 is 23.4 Å². The highest BCUT2D eigenvalue weighted by Crippen LogP contribution is 2.39. The fraction of sp³-hybridized carbons (Fsp3) is 0.280. The van der Waals surface area contributed by atoms with Gasteiger partial charge in [0, 0.05) is 13.1 Å². The first-order valence-electron chi connectivity index (χ1n) is 11.1. The molecule has 2 saturated heterocycles. The van der Waals surface area contributed by atoms with Crippen molar-refractivity contribution in [1.82, 2.24) is 9.80 Å². The van der Waals surface area contributed by atoms with Crippen molar-refractivity contribution >= 4 is 52.5 Å². The molecule has 2 fully saturated rings. The molecule has 2 heterocycles. The Labute approximate surface area is 216 Å². The fourth-order valence-corrected chi connectivity index (χ4v) is 4.96. The number of hydrogen-bond acceptors (Lipinski definition) is 7. The Morgan fingerprint density at radius 3 is 2.47 bits per heavy atom. The molecule has 9 nitrogen and oxygen atoms in total. The fourth-order valence-electron chi connectivity index (χ4n) is 3.85. The number of imide groups is 1. The Balaban J connectivity index is 1.47. The van der Waals surface area contributed by atoms with Crippen LogP contribution in [0.5, 0.6) is 11.5 Å². The van der Waals surface area contributed by atoms with E-state index in [1.807, 2.05) is 0 Å². The Hall–Kier alpha value is -3.50. The third-order valence-electron chi connectivity index (χ3n) is 5.76. The average molecular weight is 531 g/mol. The molecule has 0 unspecified atom stereocenters. The van der Waals surface area contributed by atoms with E-state index in [0.29, 0.717) is 24.4 Å². The standard InChI is InChI=1S/C25H23ClN2O7S/c1-34-19-11-16(10-18(26)22(19)35-14-15-4-6-17(7-5-15)24(31)32)12-20-23(30)28(25(33)36-20)13-21(29)27-8-2-3-9-27/h4-7,10-12H,2-3,8-9,13-14H2,1H3,(H,31,32)/b20-12+. The summed E-state index contributed by atoms with van der Waals surface area (Å²) in [6.45, 7) is 1.14. The number of nitrogens with zero attached hydrogens (tertiary/aromatic N) is 2. The molecule has 2 aromatic rings. The maximum absolute atomic E-state index is 12.8. The van der Waals surface area contributed by atoms with Gasteiger partial charge in [-0.1, -0.05) is 23.7 Å². The highest BCUT2D eigenvalue weighted by molar-refractivity contribution is 8.18. The number of amides is 3. The molecular weight excluding hydrogens is 508 g/mol. The van der Waals surface area contributed by atoms with E-state index >= 15 is 0 Å². The van der Waals surface area contributed by atoms with E-state index in [4.69, 9.17) is 26.2 Å². The van der Waals surface area contributed by atoms with Gasteiger partial charge in [-0.2, -0.15) is 0 Å². The topological polar surface area (TPSA) is 113 Å². The molecule has 36 heavy (non-hydrogen) atoms. The van der Waals surface area contributed by atoms with Crippen LogP contribution in [0.3, 0.4) is 0 Å². The van der Waals surface area contributed by atoms with E-state index in [1.54, 1.807) is 29.2 Å². The first-order chi connectivity index (χ1) is 17.3. The lowest BCUT2D eigenvalue weighted by molar-refractivity contribution is -0.135. The SMILES string of the molecule is COc1cc(/C=C2/SC(=O)N(CC(=O)N3CCCC3)C2=O)cc(Cl)c1OCc1ccc(C(=O)O)cc1. The van der Waals surface area contributed by atoms with E-state index in [-0.39, 0.29) is 40.3 Å². The molecule has 0 saturated carbocycles. The minimum atomic E-state index is -1.01. The molecule has 2 aromatic carbocycles. The van der Waals surface area contributed by atoms with Crippen LogP contribution < -0.4 is 9.47 Å². The number of carbonyl (C=O) groups excluding carboxylic acids is 3. The summed E-state index contributed by atoms with van der Waals surface area (Å²) in [5, 5.41) is 8.75. The lowest BCUT2D eigenvalue weighted by atomic mass is 10.1. The summed E-state index contributed by atoms with van der Waals surface area (Å²) < 4.78 is 11.2. The summed E-state index contributed by atoms with van der Waals surface area (Å²) in [6.07, 6.45) is 3.37. The molecule has 0 atom stereocenters. The second-order valence-corrected chi connectivity index (χ2v) is 9.58. The molecule has 0 radical (unpaired) electrons. The maximum atomic E-state index is 12.8. The Morgan fingerprint density at radius 1 is 1.14 bits per heavy atom. The highest BCUT2D eigenvalue weighted by Gasteiger charge is 2.37. The number of likely N-dealkylation sites (tertiary alicyclic amines) is 1. The normalized spacial score (nSPS) is 16.7. The van der Waals surface area contributed by atoms with E-state index in [1.165, 1.54) is 25.3 Å². The van der Waals surface area contributed by atoms with Gasteiger partial charge in [0.15, 0.2) is 11.5 Å². The number of ether oxygens (including phenoxy) is 2. The van der Waals surface area contributed by atoms with Crippen molar-refractivity contribution in [1.29, 1.82) is 0 Å². The van der Waals surface area contributed by atoms with Gasteiger partial charge in [-0.15, -0.1) is 0 Å². The molecule has 188 valence electrons. The first kappa shape index (κ1) is 25.6. The van der Waals surface area contributed by atoms with Crippen molar-refractivity contribution in [2.75, 3.05) is 26.7 Å².